The number of ketones is 2. The first-order valence-corrected chi connectivity index (χ1v) is 8.61. The molecular weight excluding hydrogens is 332 g/mol. The molecular formula is C17H18O6S. The van der Waals surface area contributed by atoms with E-state index in [1.807, 2.05) is 6.92 Å². The summed E-state index contributed by atoms with van der Waals surface area (Å²) in [6, 6.07) is 0. The first-order chi connectivity index (χ1) is 11.2. The molecule has 128 valence electrons. The molecule has 0 unspecified atom stereocenters. The first-order valence-electron chi connectivity index (χ1n) is 7.62. The predicted octanol–water partition coefficient (Wildman–Crippen LogP) is 1.32. The van der Waals surface area contributed by atoms with Crippen LogP contribution in [0.2, 0.25) is 0 Å². The Morgan fingerprint density at radius 2 is 1.83 bits per heavy atom. The summed E-state index contributed by atoms with van der Waals surface area (Å²) in [4.78, 5) is 25.2. The third-order valence-electron chi connectivity index (χ3n) is 4.57. The van der Waals surface area contributed by atoms with Crippen LogP contribution in [0.5, 0.6) is 11.5 Å². The lowest BCUT2D eigenvalue weighted by atomic mass is 9.75. The molecule has 0 amide bonds. The Bertz CT molecular complexity index is 793. The van der Waals surface area contributed by atoms with E-state index >= 15 is 0 Å². The van der Waals surface area contributed by atoms with E-state index in [1.165, 1.54) is 24.8 Å². The highest BCUT2D eigenvalue weighted by Crippen LogP contribution is 2.46. The quantitative estimate of drug-likeness (QED) is 0.595. The summed E-state index contributed by atoms with van der Waals surface area (Å²) in [5, 5.41) is 41.3. The fraction of sp³-hybridized carbons (Fsp3) is 0.412. The highest BCUT2D eigenvalue weighted by Gasteiger charge is 2.42. The van der Waals surface area contributed by atoms with Crippen LogP contribution in [0.4, 0.5) is 0 Å². The van der Waals surface area contributed by atoms with E-state index in [2.05, 4.69) is 0 Å². The zero-order valence-corrected chi connectivity index (χ0v) is 14.1. The van der Waals surface area contributed by atoms with Gasteiger partial charge in [0.05, 0.1) is 27.7 Å². The predicted molar refractivity (Wildman–Crippen MR) is 88.7 cm³/mol. The van der Waals surface area contributed by atoms with Crippen molar-refractivity contribution in [3.8, 4) is 11.5 Å². The van der Waals surface area contributed by atoms with Gasteiger partial charge in [0, 0.05) is 30.0 Å². The van der Waals surface area contributed by atoms with E-state index in [-0.39, 0.29) is 40.0 Å². The summed E-state index contributed by atoms with van der Waals surface area (Å²) in [5.41, 5.74) is -1.55. The van der Waals surface area contributed by atoms with Crippen molar-refractivity contribution in [2.24, 2.45) is 0 Å². The molecule has 0 radical (unpaired) electrons. The topological polar surface area (TPSA) is 115 Å². The number of carbonyl (C=O) groups is 2. The van der Waals surface area contributed by atoms with Gasteiger partial charge in [-0.25, -0.2) is 0 Å². The zero-order valence-electron chi connectivity index (χ0n) is 13.3. The molecule has 0 heterocycles. The summed E-state index contributed by atoms with van der Waals surface area (Å²) < 4.78 is 0. The fourth-order valence-electron chi connectivity index (χ4n) is 3.23. The van der Waals surface area contributed by atoms with Crippen molar-refractivity contribution in [1.82, 2.24) is 0 Å². The average molecular weight is 350 g/mol. The molecule has 2 atom stereocenters. The van der Waals surface area contributed by atoms with E-state index in [4.69, 9.17) is 0 Å². The monoisotopic (exact) mass is 350 g/mol. The lowest BCUT2D eigenvalue weighted by Gasteiger charge is -2.36. The number of Topliss-reactive ketones (excluding diaryl/α,β-unsaturated/α-hetero) is 1. The van der Waals surface area contributed by atoms with Crippen LogP contribution in [0.25, 0.3) is 0 Å². The molecule has 3 rings (SSSR count). The Balaban J connectivity index is 2.26. The average Bonchev–Trinajstić information content (AvgIpc) is 2.50. The molecule has 0 saturated carbocycles. The first kappa shape index (κ1) is 17.0. The van der Waals surface area contributed by atoms with Gasteiger partial charge >= 0.3 is 0 Å². The minimum absolute atomic E-state index is 0.114. The number of thioether (sulfide) groups is 1. The second-order valence-electron chi connectivity index (χ2n) is 6.29. The number of carbonyl (C=O) groups excluding carboxylic acids is 2. The second kappa shape index (κ2) is 5.61. The number of aliphatic hydroxyl groups excluding tert-OH is 1. The van der Waals surface area contributed by atoms with Crippen molar-refractivity contribution in [2.45, 2.75) is 38.4 Å². The standard InChI is InChI=1S/C17H18O6S/c1-3-24-10-5-9(18)12-13(16(10)22)15(21)8-6-17(2,23)11(19)4-7(8)14(12)20/h5,11,19-21,23H,3-4,6H2,1-2H3/t11-,17+/m1/s1. The van der Waals surface area contributed by atoms with E-state index in [0.717, 1.165) is 0 Å². The maximum Gasteiger partial charge on any atom is 0.204 e. The van der Waals surface area contributed by atoms with E-state index in [0.29, 0.717) is 5.75 Å². The summed E-state index contributed by atoms with van der Waals surface area (Å²) in [7, 11) is 0. The fourth-order valence-corrected chi connectivity index (χ4v) is 3.96. The molecule has 0 aliphatic heterocycles. The van der Waals surface area contributed by atoms with Crippen LogP contribution in [0.3, 0.4) is 0 Å². The van der Waals surface area contributed by atoms with Crippen molar-refractivity contribution >= 4 is 23.3 Å². The number of hydrogen-bond donors (Lipinski definition) is 4. The largest absolute Gasteiger partial charge is 0.507 e. The molecule has 0 fully saturated rings. The molecule has 2 aliphatic rings. The van der Waals surface area contributed by atoms with Crippen LogP contribution in [-0.2, 0) is 12.8 Å². The van der Waals surface area contributed by atoms with Crippen molar-refractivity contribution in [1.29, 1.82) is 0 Å². The zero-order chi connectivity index (χ0) is 17.8. The van der Waals surface area contributed by atoms with Gasteiger partial charge in [0.1, 0.15) is 11.5 Å². The minimum atomic E-state index is -1.50. The van der Waals surface area contributed by atoms with Crippen LogP contribution < -0.4 is 0 Å². The Morgan fingerprint density at radius 1 is 1.21 bits per heavy atom. The van der Waals surface area contributed by atoms with Gasteiger partial charge in [0.2, 0.25) is 5.78 Å². The van der Waals surface area contributed by atoms with Gasteiger partial charge in [-0.1, -0.05) is 6.92 Å². The Morgan fingerprint density at radius 3 is 2.46 bits per heavy atom. The van der Waals surface area contributed by atoms with Crippen LogP contribution in [0.1, 0.15) is 45.7 Å². The van der Waals surface area contributed by atoms with Crippen LogP contribution in [0.15, 0.2) is 11.0 Å². The molecule has 2 aliphatic carbocycles. The van der Waals surface area contributed by atoms with E-state index < -0.39 is 34.8 Å². The van der Waals surface area contributed by atoms with Gasteiger partial charge in [0.15, 0.2) is 5.78 Å². The lowest BCUT2D eigenvalue weighted by Crippen LogP contribution is -2.46. The minimum Gasteiger partial charge on any atom is -0.507 e. The summed E-state index contributed by atoms with van der Waals surface area (Å²) in [6.45, 7) is 3.25. The molecule has 4 N–H and O–H groups in total. The second-order valence-corrected chi connectivity index (χ2v) is 7.60. The summed E-state index contributed by atoms with van der Waals surface area (Å²) in [6.07, 6.45) is -0.224. The van der Waals surface area contributed by atoms with Gasteiger partial charge in [-0.15, -0.1) is 11.8 Å². The SMILES string of the molecule is CCSC1=CC(=O)c2c(O)c3c(c(O)c2C1=O)C[C@](C)(O)[C@H](O)C3. The van der Waals surface area contributed by atoms with Crippen molar-refractivity contribution < 1.29 is 30.0 Å². The number of rotatable bonds is 2. The highest BCUT2D eigenvalue weighted by molar-refractivity contribution is 8.04. The van der Waals surface area contributed by atoms with Gasteiger partial charge in [-0.2, -0.15) is 0 Å². The van der Waals surface area contributed by atoms with Gasteiger partial charge in [0.25, 0.3) is 0 Å². The number of phenols is 2. The molecule has 0 aromatic heterocycles. The molecule has 6 nitrogen and oxygen atoms in total. The maximum absolute atomic E-state index is 12.6. The number of aliphatic hydroxyl groups is 2. The van der Waals surface area contributed by atoms with E-state index in [9.17, 15) is 30.0 Å². The highest BCUT2D eigenvalue weighted by atomic mass is 32.2. The Kier molecular flexibility index (Phi) is 3.98. The maximum atomic E-state index is 12.6. The normalized spacial score (nSPS) is 26.0. The number of allylic oxidation sites excluding steroid dienone is 2. The Hall–Kier alpha value is -1.83. The molecule has 0 bridgehead atoms. The van der Waals surface area contributed by atoms with Gasteiger partial charge in [-0.3, -0.25) is 9.59 Å². The molecule has 1 aromatic carbocycles. The van der Waals surface area contributed by atoms with Gasteiger partial charge in [-0.05, 0) is 12.7 Å². The third kappa shape index (κ3) is 2.35. The summed E-state index contributed by atoms with van der Waals surface area (Å²) in [5.74, 6) is -1.28. The van der Waals surface area contributed by atoms with Crippen molar-refractivity contribution in [3.05, 3.63) is 33.2 Å². The molecule has 24 heavy (non-hydrogen) atoms. The lowest BCUT2D eigenvalue weighted by molar-refractivity contribution is -0.0668. The molecule has 0 spiro atoms. The number of fused-ring (bicyclic) bond motifs is 2. The van der Waals surface area contributed by atoms with Crippen molar-refractivity contribution in [3.63, 3.8) is 0 Å². The van der Waals surface area contributed by atoms with Crippen LogP contribution in [0, 0.1) is 0 Å². The number of hydrogen-bond acceptors (Lipinski definition) is 7. The summed E-state index contributed by atoms with van der Waals surface area (Å²) >= 11 is 1.19. The number of phenolic OH excluding ortho intramolecular Hbond substituents is 2. The van der Waals surface area contributed by atoms with Crippen LogP contribution >= 0.6 is 11.8 Å². The third-order valence-corrected chi connectivity index (χ3v) is 5.47. The van der Waals surface area contributed by atoms with Gasteiger partial charge < -0.3 is 20.4 Å². The molecule has 7 heteroatoms. The molecule has 1 aromatic rings. The number of benzene rings is 1. The smallest absolute Gasteiger partial charge is 0.204 e. The molecule has 0 saturated heterocycles. The van der Waals surface area contributed by atoms with Crippen molar-refractivity contribution in [2.75, 3.05) is 5.75 Å². The number of aromatic hydroxyl groups is 2. The Labute approximate surface area is 142 Å². The van der Waals surface area contributed by atoms with E-state index in [1.54, 1.807) is 0 Å². The van der Waals surface area contributed by atoms with Crippen LogP contribution in [-0.4, -0.2) is 49.5 Å².